The highest BCUT2D eigenvalue weighted by molar-refractivity contribution is 9.10. The molecule has 0 saturated carbocycles. The summed E-state index contributed by atoms with van der Waals surface area (Å²) in [5, 5.41) is 14.2. The highest BCUT2D eigenvalue weighted by Gasteiger charge is 2.14. The van der Waals surface area contributed by atoms with Crippen LogP contribution in [0.2, 0.25) is 0 Å². The zero-order valence-electron chi connectivity index (χ0n) is 11.8. The molecule has 0 fully saturated rings. The third-order valence-electron chi connectivity index (χ3n) is 3.40. The lowest BCUT2D eigenvalue weighted by atomic mass is 10.1. The molecule has 0 aliphatic rings. The van der Waals surface area contributed by atoms with Crippen LogP contribution in [0.3, 0.4) is 0 Å². The topological polar surface area (TPSA) is 55.2 Å². The number of nitrogens with zero attached hydrogens (tertiary/aromatic N) is 1. The first kappa shape index (κ1) is 15.7. The van der Waals surface area contributed by atoms with Crippen molar-refractivity contribution in [2.75, 3.05) is 6.54 Å². The van der Waals surface area contributed by atoms with Crippen LogP contribution < -0.4 is 5.32 Å². The SMILES string of the molecule is Cc1ccccc1CCNCc1cccc([N+](=O)[O-])c1Br. The number of nitrogens with one attached hydrogen (secondary N) is 1. The molecule has 21 heavy (non-hydrogen) atoms. The second-order valence-electron chi connectivity index (χ2n) is 4.86. The van der Waals surface area contributed by atoms with E-state index >= 15 is 0 Å². The molecule has 2 aromatic carbocycles. The van der Waals surface area contributed by atoms with Gasteiger partial charge < -0.3 is 5.32 Å². The zero-order chi connectivity index (χ0) is 15.2. The van der Waals surface area contributed by atoms with E-state index in [1.165, 1.54) is 17.2 Å². The van der Waals surface area contributed by atoms with Gasteiger partial charge in [0.2, 0.25) is 0 Å². The molecule has 2 aromatic rings. The minimum absolute atomic E-state index is 0.105. The Morgan fingerprint density at radius 1 is 1.14 bits per heavy atom. The van der Waals surface area contributed by atoms with Crippen molar-refractivity contribution in [1.29, 1.82) is 0 Å². The van der Waals surface area contributed by atoms with Crippen molar-refractivity contribution in [3.63, 3.8) is 0 Å². The fourth-order valence-corrected chi connectivity index (χ4v) is 2.73. The molecule has 5 heteroatoms. The van der Waals surface area contributed by atoms with Crippen molar-refractivity contribution < 1.29 is 4.92 Å². The first-order chi connectivity index (χ1) is 10.1. The maximum absolute atomic E-state index is 10.9. The summed E-state index contributed by atoms with van der Waals surface area (Å²) in [4.78, 5) is 10.5. The van der Waals surface area contributed by atoms with Crippen molar-refractivity contribution in [3.05, 3.63) is 73.7 Å². The maximum Gasteiger partial charge on any atom is 0.283 e. The number of hydrogen-bond acceptors (Lipinski definition) is 3. The van der Waals surface area contributed by atoms with E-state index in [2.05, 4.69) is 40.3 Å². The largest absolute Gasteiger partial charge is 0.312 e. The van der Waals surface area contributed by atoms with Crippen LogP contribution in [0, 0.1) is 17.0 Å². The third-order valence-corrected chi connectivity index (χ3v) is 4.32. The summed E-state index contributed by atoms with van der Waals surface area (Å²) in [6.07, 6.45) is 0.944. The number of halogens is 1. The van der Waals surface area contributed by atoms with Crippen LogP contribution in [0.1, 0.15) is 16.7 Å². The van der Waals surface area contributed by atoms with Crippen LogP contribution in [0.25, 0.3) is 0 Å². The Hall–Kier alpha value is -1.72. The van der Waals surface area contributed by atoms with Gasteiger partial charge in [0, 0.05) is 12.6 Å². The quantitative estimate of drug-likeness (QED) is 0.487. The van der Waals surface area contributed by atoms with Crippen molar-refractivity contribution in [3.8, 4) is 0 Å². The smallest absolute Gasteiger partial charge is 0.283 e. The standard InChI is InChI=1S/C16H17BrN2O2/c1-12-5-2-3-6-13(12)9-10-18-11-14-7-4-8-15(16(14)17)19(20)21/h2-8,18H,9-11H2,1H3. The molecule has 0 bridgehead atoms. The van der Waals surface area contributed by atoms with Gasteiger partial charge >= 0.3 is 0 Å². The highest BCUT2D eigenvalue weighted by Crippen LogP contribution is 2.28. The van der Waals surface area contributed by atoms with Crippen molar-refractivity contribution in [1.82, 2.24) is 5.32 Å². The van der Waals surface area contributed by atoms with Gasteiger partial charge in [-0.15, -0.1) is 0 Å². The van der Waals surface area contributed by atoms with Gasteiger partial charge in [0.05, 0.1) is 9.40 Å². The normalized spacial score (nSPS) is 10.6. The molecule has 0 radical (unpaired) electrons. The zero-order valence-corrected chi connectivity index (χ0v) is 13.4. The lowest BCUT2D eigenvalue weighted by Gasteiger charge is -2.08. The van der Waals surface area contributed by atoms with E-state index in [9.17, 15) is 10.1 Å². The Balaban J connectivity index is 1.91. The van der Waals surface area contributed by atoms with Crippen LogP contribution >= 0.6 is 15.9 Å². The van der Waals surface area contributed by atoms with Crippen LogP contribution in [-0.4, -0.2) is 11.5 Å². The summed E-state index contributed by atoms with van der Waals surface area (Å²) >= 11 is 3.31. The Bertz CT molecular complexity index is 644. The molecule has 0 spiro atoms. The van der Waals surface area contributed by atoms with Gasteiger partial charge in [0.1, 0.15) is 0 Å². The summed E-state index contributed by atoms with van der Waals surface area (Å²) in [6.45, 7) is 3.54. The van der Waals surface area contributed by atoms with Crippen LogP contribution in [0.4, 0.5) is 5.69 Å². The number of rotatable bonds is 6. The molecular formula is C16H17BrN2O2. The first-order valence-corrected chi connectivity index (χ1v) is 7.56. The number of nitro benzene ring substituents is 1. The molecule has 0 aliphatic heterocycles. The Kier molecular flexibility index (Phi) is 5.47. The second-order valence-corrected chi connectivity index (χ2v) is 5.65. The Morgan fingerprint density at radius 2 is 1.86 bits per heavy atom. The number of hydrogen-bond donors (Lipinski definition) is 1. The predicted molar refractivity (Wildman–Crippen MR) is 87.4 cm³/mol. The highest BCUT2D eigenvalue weighted by atomic mass is 79.9. The van der Waals surface area contributed by atoms with Gasteiger partial charge in [-0.1, -0.05) is 36.4 Å². The predicted octanol–water partition coefficient (Wildman–Crippen LogP) is 4.00. The van der Waals surface area contributed by atoms with Crippen LogP contribution in [0.15, 0.2) is 46.9 Å². The average Bonchev–Trinajstić information content (AvgIpc) is 2.46. The van der Waals surface area contributed by atoms with Crippen LogP contribution in [-0.2, 0) is 13.0 Å². The first-order valence-electron chi connectivity index (χ1n) is 6.76. The molecule has 0 unspecified atom stereocenters. The molecule has 0 aliphatic carbocycles. The summed E-state index contributed by atoms with van der Waals surface area (Å²) in [7, 11) is 0. The van der Waals surface area contributed by atoms with Gasteiger partial charge in [-0.2, -0.15) is 0 Å². The number of benzene rings is 2. The molecule has 0 saturated heterocycles. The summed E-state index contributed by atoms with van der Waals surface area (Å²) in [5.41, 5.74) is 3.61. The molecule has 2 rings (SSSR count). The van der Waals surface area contributed by atoms with Gasteiger partial charge in [-0.05, 0) is 52.5 Å². The molecule has 1 N–H and O–H groups in total. The van der Waals surface area contributed by atoms with E-state index in [4.69, 9.17) is 0 Å². The van der Waals surface area contributed by atoms with E-state index in [1.807, 2.05) is 18.2 Å². The van der Waals surface area contributed by atoms with Crippen molar-refractivity contribution in [2.45, 2.75) is 19.9 Å². The maximum atomic E-state index is 10.9. The number of nitro groups is 1. The van der Waals surface area contributed by atoms with E-state index in [0.717, 1.165) is 18.5 Å². The van der Waals surface area contributed by atoms with Gasteiger partial charge in [0.15, 0.2) is 0 Å². The van der Waals surface area contributed by atoms with E-state index in [0.29, 0.717) is 11.0 Å². The lowest BCUT2D eigenvalue weighted by Crippen LogP contribution is -2.17. The van der Waals surface area contributed by atoms with E-state index in [1.54, 1.807) is 6.07 Å². The minimum Gasteiger partial charge on any atom is -0.312 e. The monoisotopic (exact) mass is 348 g/mol. The van der Waals surface area contributed by atoms with Crippen molar-refractivity contribution in [2.24, 2.45) is 0 Å². The average molecular weight is 349 g/mol. The molecule has 4 nitrogen and oxygen atoms in total. The fourth-order valence-electron chi connectivity index (χ4n) is 2.18. The Morgan fingerprint density at radius 3 is 2.57 bits per heavy atom. The van der Waals surface area contributed by atoms with E-state index < -0.39 is 0 Å². The molecule has 0 aromatic heterocycles. The van der Waals surface area contributed by atoms with Crippen LogP contribution in [0.5, 0.6) is 0 Å². The molecule has 0 atom stereocenters. The fraction of sp³-hybridized carbons (Fsp3) is 0.250. The van der Waals surface area contributed by atoms with Crippen molar-refractivity contribution >= 4 is 21.6 Å². The molecule has 0 heterocycles. The Labute approximate surface area is 132 Å². The summed E-state index contributed by atoms with van der Waals surface area (Å²) in [6, 6.07) is 13.4. The van der Waals surface area contributed by atoms with Gasteiger partial charge in [0.25, 0.3) is 5.69 Å². The van der Waals surface area contributed by atoms with E-state index in [-0.39, 0.29) is 10.6 Å². The molecular weight excluding hydrogens is 332 g/mol. The number of aryl methyl sites for hydroxylation is 1. The second kappa shape index (κ2) is 7.33. The third kappa shape index (κ3) is 4.12. The van der Waals surface area contributed by atoms with Gasteiger partial charge in [-0.25, -0.2) is 0 Å². The molecule has 110 valence electrons. The minimum atomic E-state index is -0.374. The summed E-state index contributed by atoms with van der Waals surface area (Å²) < 4.78 is 0.554. The molecule has 0 amide bonds. The van der Waals surface area contributed by atoms with Gasteiger partial charge in [-0.3, -0.25) is 10.1 Å². The lowest BCUT2D eigenvalue weighted by molar-refractivity contribution is -0.385. The summed E-state index contributed by atoms with van der Waals surface area (Å²) in [5.74, 6) is 0.